The number of nitrogens with zero attached hydrogens (tertiary/aromatic N) is 1. The van der Waals surface area contributed by atoms with Crippen LogP contribution in [0.3, 0.4) is 0 Å². The summed E-state index contributed by atoms with van der Waals surface area (Å²) in [5, 5.41) is 3.40. The fourth-order valence-corrected chi connectivity index (χ4v) is 3.44. The van der Waals surface area contributed by atoms with Crippen LogP contribution in [0.1, 0.15) is 31.4 Å². The van der Waals surface area contributed by atoms with Gasteiger partial charge in [-0.1, -0.05) is 31.2 Å². The molecule has 1 amide bonds. The molecule has 3 rings (SSSR count). The number of amides is 1. The van der Waals surface area contributed by atoms with Crippen molar-refractivity contribution in [3.8, 4) is 0 Å². The second-order valence-electron chi connectivity index (χ2n) is 6.09. The molecule has 102 valence electrons. The molecule has 0 aromatic heterocycles. The number of carbonyl (C=O) groups excluding carboxylic acids is 1. The van der Waals surface area contributed by atoms with Crippen LogP contribution in [-0.4, -0.2) is 29.4 Å². The molecule has 1 aromatic carbocycles. The van der Waals surface area contributed by atoms with E-state index in [4.69, 9.17) is 0 Å². The van der Waals surface area contributed by atoms with Gasteiger partial charge in [0.2, 0.25) is 5.91 Å². The van der Waals surface area contributed by atoms with Crippen LogP contribution in [0.5, 0.6) is 0 Å². The fraction of sp³-hybridized carbons (Fsp3) is 0.562. The third kappa shape index (κ3) is 2.39. The van der Waals surface area contributed by atoms with Gasteiger partial charge in [0.25, 0.3) is 0 Å². The molecule has 1 saturated heterocycles. The number of rotatable bonds is 1. The van der Waals surface area contributed by atoms with Crippen LogP contribution in [0, 0.1) is 5.92 Å². The van der Waals surface area contributed by atoms with Crippen molar-refractivity contribution in [1.29, 1.82) is 0 Å². The van der Waals surface area contributed by atoms with Gasteiger partial charge in [0.05, 0.1) is 6.04 Å². The van der Waals surface area contributed by atoms with Crippen LogP contribution in [0.4, 0.5) is 0 Å². The van der Waals surface area contributed by atoms with Crippen molar-refractivity contribution >= 4 is 5.91 Å². The van der Waals surface area contributed by atoms with Gasteiger partial charge in [-0.25, -0.2) is 0 Å². The summed E-state index contributed by atoms with van der Waals surface area (Å²) in [7, 11) is 0. The van der Waals surface area contributed by atoms with Gasteiger partial charge in [-0.2, -0.15) is 0 Å². The number of hydrogen-bond donors (Lipinski definition) is 1. The smallest absolute Gasteiger partial charge is 0.240 e. The molecule has 0 aliphatic carbocycles. The van der Waals surface area contributed by atoms with Crippen molar-refractivity contribution in [3.05, 3.63) is 35.4 Å². The molecule has 0 bridgehead atoms. The molecular weight excluding hydrogens is 236 g/mol. The van der Waals surface area contributed by atoms with Gasteiger partial charge < -0.3 is 10.2 Å². The van der Waals surface area contributed by atoms with Gasteiger partial charge in [0, 0.05) is 19.1 Å². The first-order valence-corrected chi connectivity index (χ1v) is 7.26. The first kappa shape index (κ1) is 12.7. The second kappa shape index (κ2) is 4.97. The molecule has 1 N–H and O–H groups in total. The van der Waals surface area contributed by atoms with Crippen LogP contribution in [0.15, 0.2) is 24.3 Å². The van der Waals surface area contributed by atoms with E-state index in [0.29, 0.717) is 12.0 Å². The number of fused-ring (bicyclic) bond motifs is 1. The number of benzene rings is 1. The lowest BCUT2D eigenvalue weighted by molar-refractivity contribution is -0.134. The molecule has 3 nitrogen and oxygen atoms in total. The maximum atomic E-state index is 12.6. The lowest BCUT2D eigenvalue weighted by Gasteiger charge is -2.31. The van der Waals surface area contributed by atoms with Crippen molar-refractivity contribution in [1.82, 2.24) is 10.2 Å². The van der Waals surface area contributed by atoms with Crippen LogP contribution >= 0.6 is 0 Å². The summed E-state index contributed by atoms with van der Waals surface area (Å²) in [5.41, 5.74) is 2.65. The molecule has 3 heteroatoms. The highest BCUT2D eigenvalue weighted by Gasteiger charge is 2.34. The maximum Gasteiger partial charge on any atom is 0.240 e. The van der Waals surface area contributed by atoms with Crippen molar-refractivity contribution in [3.63, 3.8) is 0 Å². The highest BCUT2D eigenvalue weighted by molar-refractivity contribution is 5.83. The Morgan fingerprint density at radius 2 is 2.00 bits per heavy atom. The maximum absolute atomic E-state index is 12.6. The van der Waals surface area contributed by atoms with E-state index in [1.165, 1.54) is 11.1 Å². The third-order valence-electron chi connectivity index (χ3n) is 4.45. The average Bonchev–Trinajstić information content (AvgIpc) is 2.76. The summed E-state index contributed by atoms with van der Waals surface area (Å²) in [6, 6.07) is 8.76. The predicted octanol–water partition coefficient (Wildman–Crippen LogP) is 1.96. The Kier molecular flexibility index (Phi) is 3.31. The fourth-order valence-electron chi connectivity index (χ4n) is 3.44. The minimum atomic E-state index is -0.0392. The monoisotopic (exact) mass is 258 g/mol. The number of carbonyl (C=O) groups is 1. The molecule has 1 fully saturated rings. The average molecular weight is 258 g/mol. The predicted molar refractivity (Wildman–Crippen MR) is 75.7 cm³/mol. The van der Waals surface area contributed by atoms with E-state index in [1.807, 2.05) is 0 Å². The molecule has 2 aliphatic heterocycles. The van der Waals surface area contributed by atoms with Crippen molar-refractivity contribution in [2.45, 2.75) is 45.3 Å². The summed E-state index contributed by atoms with van der Waals surface area (Å²) in [6.07, 6.45) is 1.96. The molecule has 0 saturated carbocycles. The van der Waals surface area contributed by atoms with Crippen LogP contribution in [0.2, 0.25) is 0 Å². The van der Waals surface area contributed by atoms with E-state index in [0.717, 1.165) is 25.9 Å². The van der Waals surface area contributed by atoms with E-state index < -0.39 is 0 Å². The van der Waals surface area contributed by atoms with Crippen molar-refractivity contribution < 1.29 is 4.79 Å². The van der Waals surface area contributed by atoms with Gasteiger partial charge in [-0.15, -0.1) is 0 Å². The number of nitrogens with one attached hydrogen (secondary N) is 1. The molecular formula is C16H22N2O. The Morgan fingerprint density at radius 1 is 1.26 bits per heavy atom. The van der Waals surface area contributed by atoms with Gasteiger partial charge >= 0.3 is 0 Å². The third-order valence-corrected chi connectivity index (χ3v) is 4.45. The highest BCUT2D eigenvalue weighted by Crippen LogP contribution is 2.25. The molecule has 3 unspecified atom stereocenters. The highest BCUT2D eigenvalue weighted by atomic mass is 16.2. The molecule has 19 heavy (non-hydrogen) atoms. The Bertz CT molecular complexity index is 485. The summed E-state index contributed by atoms with van der Waals surface area (Å²) in [5.74, 6) is 0.918. The Labute approximate surface area is 115 Å². The molecule has 1 aromatic rings. The molecule has 2 aliphatic rings. The molecule has 0 radical (unpaired) electrons. The molecule has 3 atom stereocenters. The normalized spacial score (nSPS) is 30.2. The van der Waals surface area contributed by atoms with Gasteiger partial charge in [0.15, 0.2) is 0 Å². The lowest BCUT2D eigenvalue weighted by Crippen LogP contribution is -2.50. The van der Waals surface area contributed by atoms with Crippen LogP contribution < -0.4 is 5.32 Å². The first-order valence-electron chi connectivity index (χ1n) is 7.26. The largest absolute Gasteiger partial charge is 0.338 e. The van der Waals surface area contributed by atoms with Gasteiger partial charge in [0.1, 0.15) is 0 Å². The zero-order chi connectivity index (χ0) is 13.4. The van der Waals surface area contributed by atoms with E-state index in [2.05, 4.69) is 48.3 Å². The van der Waals surface area contributed by atoms with Crippen molar-refractivity contribution in [2.75, 3.05) is 6.54 Å². The topological polar surface area (TPSA) is 32.3 Å². The zero-order valence-corrected chi connectivity index (χ0v) is 11.7. The number of hydrogen-bond acceptors (Lipinski definition) is 2. The second-order valence-corrected chi connectivity index (χ2v) is 6.09. The molecule has 0 spiro atoms. The minimum absolute atomic E-state index is 0.0392. The van der Waals surface area contributed by atoms with E-state index in [-0.39, 0.29) is 11.9 Å². The Balaban J connectivity index is 1.73. The summed E-state index contributed by atoms with van der Waals surface area (Å²) in [6.45, 7) is 6.12. The summed E-state index contributed by atoms with van der Waals surface area (Å²) >= 11 is 0. The van der Waals surface area contributed by atoms with E-state index >= 15 is 0 Å². The van der Waals surface area contributed by atoms with Crippen molar-refractivity contribution in [2.24, 2.45) is 5.92 Å². The quantitative estimate of drug-likeness (QED) is 0.835. The van der Waals surface area contributed by atoms with Gasteiger partial charge in [-0.3, -0.25) is 4.79 Å². The summed E-state index contributed by atoms with van der Waals surface area (Å²) < 4.78 is 0. The van der Waals surface area contributed by atoms with Crippen LogP contribution in [-0.2, 0) is 17.8 Å². The SMILES string of the molecule is CC1CC(C)N(C(=O)C2Cc3ccccc3CN2)C1. The Hall–Kier alpha value is -1.35. The Morgan fingerprint density at radius 3 is 2.68 bits per heavy atom. The standard InChI is InChI=1S/C16H22N2O/c1-11-7-12(2)18(10-11)16(19)15-8-13-5-3-4-6-14(13)9-17-15/h3-6,11-12,15,17H,7-10H2,1-2H3. The first-order chi connectivity index (χ1) is 9.15. The summed E-state index contributed by atoms with van der Waals surface area (Å²) in [4.78, 5) is 14.7. The van der Waals surface area contributed by atoms with E-state index in [9.17, 15) is 4.79 Å². The zero-order valence-electron chi connectivity index (χ0n) is 11.7. The lowest BCUT2D eigenvalue weighted by atomic mass is 9.95. The van der Waals surface area contributed by atoms with Crippen LogP contribution in [0.25, 0.3) is 0 Å². The van der Waals surface area contributed by atoms with E-state index in [1.54, 1.807) is 0 Å². The molecule has 2 heterocycles. The number of likely N-dealkylation sites (tertiary alicyclic amines) is 1. The van der Waals surface area contributed by atoms with Gasteiger partial charge in [-0.05, 0) is 36.8 Å². The minimum Gasteiger partial charge on any atom is -0.338 e.